The van der Waals surface area contributed by atoms with Crippen molar-refractivity contribution in [2.75, 3.05) is 0 Å². The maximum Gasteiger partial charge on any atom is 0.492 e. The lowest BCUT2D eigenvalue weighted by Crippen LogP contribution is -2.29. The first-order valence-corrected chi connectivity index (χ1v) is 3.86. The molecule has 1 rings (SSSR count). The molecule has 0 bridgehead atoms. The van der Waals surface area contributed by atoms with E-state index in [-0.39, 0.29) is 11.2 Å². The second-order valence-corrected chi connectivity index (χ2v) is 1.93. The van der Waals surface area contributed by atoms with Crippen molar-refractivity contribution in [1.29, 1.82) is 0 Å². The highest BCUT2D eigenvalue weighted by Crippen LogP contribution is 2.02. The Hall–Kier alpha value is -0.995. The standard InChI is InChI=1S/C6H7BO3.C2H6/c8-6-4-2-1-3-5(6)7(9)10;1-2/h1-4,8-10H;1-2H3. The van der Waals surface area contributed by atoms with E-state index >= 15 is 0 Å². The highest BCUT2D eigenvalue weighted by molar-refractivity contribution is 6.59. The van der Waals surface area contributed by atoms with Crippen molar-refractivity contribution in [3.8, 4) is 5.75 Å². The summed E-state index contributed by atoms with van der Waals surface area (Å²) in [5.74, 6) is -0.0995. The van der Waals surface area contributed by atoms with E-state index in [9.17, 15) is 0 Å². The van der Waals surface area contributed by atoms with Crippen molar-refractivity contribution in [2.45, 2.75) is 13.8 Å². The first-order chi connectivity index (χ1) is 5.72. The van der Waals surface area contributed by atoms with Crippen LogP contribution in [0.2, 0.25) is 0 Å². The van der Waals surface area contributed by atoms with Crippen LogP contribution in [-0.4, -0.2) is 22.3 Å². The van der Waals surface area contributed by atoms with Crippen LogP contribution in [0.3, 0.4) is 0 Å². The number of para-hydroxylation sites is 1. The molecule has 0 atom stereocenters. The summed E-state index contributed by atoms with van der Waals surface area (Å²) in [6.45, 7) is 4.00. The van der Waals surface area contributed by atoms with Crippen molar-refractivity contribution >= 4 is 12.6 Å². The van der Waals surface area contributed by atoms with E-state index in [4.69, 9.17) is 15.2 Å². The van der Waals surface area contributed by atoms with Gasteiger partial charge in [0.2, 0.25) is 0 Å². The lowest BCUT2D eigenvalue weighted by Gasteiger charge is -1.99. The Morgan fingerprint density at radius 1 is 1.08 bits per heavy atom. The fraction of sp³-hybridized carbons (Fsp3) is 0.250. The Morgan fingerprint density at radius 3 is 1.92 bits per heavy atom. The molecule has 12 heavy (non-hydrogen) atoms. The van der Waals surface area contributed by atoms with Crippen LogP contribution in [-0.2, 0) is 0 Å². The average molecular weight is 168 g/mol. The zero-order valence-corrected chi connectivity index (χ0v) is 7.23. The topological polar surface area (TPSA) is 60.7 Å². The molecule has 0 fully saturated rings. The summed E-state index contributed by atoms with van der Waals surface area (Å²) < 4.78 is 0. The molecule has 0 radical (unpaired) electrons. The number of rotatable bonds is 1. The Bertz CT molecular complexity index is 225. The van der Waals surface area contributed by atoms with Gasteiger partial charge in [0.15, 0.2) is 0 Å². The first-order valence-electron chi connectivity index (χ1n) is 3.86. The fourth-order valence-corrected chi connectivity index (χ4v) is 0.706. The SMILES string of the molecule is CC.OB(O)c1ccccc1O. The van der Waals surface area contributed by atoms with Crippen molar-refractivity contribution in [1.82, 2.24) is 0 Å². The molecule has 0 saturated carbocycles. The van der Waals surface area contributed by atoms with E-state index in [1.54, 1.807) is 12.1 Å². The van der Waals surface area contributed by atoms with Crippen LogP contribution in [0.15, 0.2) is 24.3 Å². The second-order valence-electron chi connectivity index (χ2n) is 1.93. The minimum Gasteiger partial charge on any atom is -0.508 e. The van der Waals surface area contributed by atoms with Crippen LogP contribution in [0.25, 0.3) is 0 Å². The average Bonchev–Trinajstić information content (AvgIpc) is 2.08. The predicted octanol–water partition coefficient (Wildman–Crippen LogP) is 0.0982. The first kappa shape index (κ1) is 11.0. The van der Waals surface area contributed by atoms with Crippen LogP contribution >= 0.6 is 0 Å². The van der Waals surface area contributed by atoms with Gasteiger partial charge in [0, 0.05) is 5.46 Å². The molecule has 0 aromatic heterocycles. The Balaban J connectivity index is 0.000000561. The molecule has 1 aromatic carbocycles. The molecule has 66 valence electrons. The molecule has 3 nitrogen and oxygen atoms in total. The van der Waals surface area contributed by atoms with Crippen LogP contribution in [0.4, 0.5) is 0 Å². The molecule has 0 heterocycles. The summed E-state index contributed by atoms with van der Waals surface area (Å²) in [6, 6.07) is 6.07. The monoisotopic (exact) mass is 168 g/mol. The Morgan fingerprint density at radius 2 is 1.58 bits per heavy atom. The maximum atomic E-state index is 8.96. The molecule has 0 unspecified atom stereocenters. The molecule has 3 N–H and O–H groups in total. The molecule has 0 amide bonds. The van der Waals surface area contributed by atoms with E-state index in [1.165, 1.54) is 12.1 Å². The second kappa shape index (κ2) is 5.63. The molecule has 4 heteroatoms. The van der Waals surface area contributed by atoms with Gasteiger partial charge in [-0.25, -0.2) is 0 Å². The largest absolute Gasteiger partial charge is 0.508 e. The third-order valence-electron chi connectivity index (χ3n) is 1.21. The van der Waals surface area contributed by atoms with Gasteiger partial charge in [0.05, 0.1) is 0 Å². The molecule has 0 aliphatic carbocycles. The van der Waals surface area contributed by atoms with Gasteiger partial charge < -0.3 is 15.2 Å². The van der Waals surface area contributed by atoms with E-state index < -0.39 is 7.12 Å². The number of phenols is 1. The van der Waals surface area contributed by atoms with Gasteiger partial charge in [-0.2, -0.15) is 0 Å². The lowest BCUT2D eigenvalue weighted by molar-refractivity contribution is 0.419. The zero-order valence-electron chi connectivity index (χ0n) is 7.23. The number of hydrogen-bond donors (Lipinski definition) is 3. The minimum absolute atomic E-state index is 0.0995. The molecular formula is C8H13BO3. The van der Waals surface area contributed by atoms with Gasteiger partial charge in [-0.1, -0.05) is 32.0 Å². The van der Waals surface area contributed by atoms with Crippen LogP contribution < -0.4 is 5.46 Å². The quantitative estimate of drug-likeness (QED) is 0.521. The normalized spacial score (nSPS) is 8.33. The Kier molecular flexibility index (Phi) is 5.16. The van der Waals surface area contributed by atoms with Crippen molar-refractivity contribution in [3.63, 3.8) is 0 Å². The zero-order chi connectivity index (χ0) is 9.56. The summed E-state index contributed by atoms with van der Waals surface area (Å²) in [5, 5.41) is 26.2. The fourth-order valence-electron chi connectivity index (χ4n) is 0.706. The molecule has 0 saturated heterocycles. The summed E-state index contributed by atoms with van der Waals surface area (Å²) in [5.41, 5.74) is 0.127. The summed E-state index contributed by atoms with van der Waals surface area (Å²) in [6.07, 6.45) is 0. The number of hydrogen-bond acceptors (Lipinski definition) is 3. The Labute approximate surface area is 72.4 Å². The summed E-state index contributed by atoms with van der Waals surface area (Å²) in [7, 11) is -1.60. The third-order valence-corrected chi connectivity index (χ3v) is 1.21. The van der Waals surface area contributed by atoms with Crippen LogP contribution in [0.1, 0.15) is 13.8 Å². The third kappa shape index (κ3) is 2.94. The smallest absolute Gasteiger partial charge is 0.492 e. The number of benzene rings is 1. The van der Waals surface area contributed by atoms with Crippen LogP contribution in [0, 0.1) is 0 Å². The van der Waals surface area contributed by atoms with E-state index in [2.05, 4.69) is 0 Å². The van der Waals surface area contributed by atoms with E-state index in [1.807, 2.05) is 13.8 Å². The predicted molar refractivity (Wildman–Crippen MR) is 49.3 cm³/mol. The van der Waals surface area contributed by atoms with Gasteiger partial charge in [-0.15, -0.1) is 0 Å². The van der Waals surface area contributed by atoms with Gasteiger partial charge in [0.25, 0.3) is 0 Å². The molecule has 0 aliphatic heterocycles. The molecule has 0 spiro atoms. The number of phenolic OH excluding ortho intramolecular Hbond substituents is 1. The van der Waals surface area contributed by atoms with Gasteiger partial charge in [-0.05, 0) is 6.07 Å². The van der Waals surface area contributed by atoms with Gasteiger partial charge >= 0.3 is 7.12 Å². The highest BCUT2D eigenvalue weighted by atomic mass is 16.4. The summed E-state index contributed by atoms with van der Waals surface area (Å²) >= 11 is 0. The number of aromatic hydroxyl groups is 1. The molecule has 1 aromatic rings. The van der Waals surface area contributed by atoms with Crippen LogP contribution in [0.5, 0.6) is 5.75 Å². The highest BCUT2D eigenvalue weighted by Gasteiger charge is 2.13. The molecule has 0 aliphatic rings. The van der Waals surface area contributed by atoms with Crippen molar-refractivity contribution < 1.29 is 15.2 Å². The maximum absolute atomic E-state index is 8.96. The lowest BCUT2D eigenvalue weighted by atomic mass is 9.80. The molecular weight excluding hydrogens is 155 g/mol. The minimum atomic E-state index is -1.60. The van der Waals surface area contributed by atoms with Gasteiger partial charge in [0.1, 0.15) is 5.75 Å². The van der Waals surface area contributed by atoms with Crippen molar-refractivity contribution in [2.24, 2.45) is 0 Å². The van der Waals surface area contributed by atoms with E-state index in [0.717, 1.165) is 0 Å². The van der Waals surface area contributed by atoms with Crippen molar-refractivity contribution in [3.05, 3.63) is 24.3 Å². The van der Waals surface area contributed by atoms with E-state index in [0.29, 0.717) is 0 Å². The summed E-state index contributed by atoms with van der Waals surface area (Å²) in [4.78, 5) is 0. The van der Waals surface area contributed by atoms with Gasteiger partial charge in [-0.3, -0.25) is 0 Å².